The van der Waals surface area contributed by atoms with Crippen LogP contribution in [0.1, 0.15) is 35.1 Å². The van der Waals surface area contributed by atoms with Gasteiger partial charge < -0.3 is 19.3 Å². The van der Waals surface area contributed by atoms with Crippen LogP contribution in [0.3, 0.4) is 0 Å². The van der Waals surface area contributed by atoms with Crippen molar-refractivity contribution in [3.63, 3.8) is 0 Å². The van der Waals surface area contributed by atoms with Crippen LogP contribution < -0.4 is 9.47 Å². The van der Waals surface area contributed by atoms with Crippen LogP contribution in [0, 0.1) is 0 Å². The number of benzene rings is 1. The van der Waals surface area contributed by atoms with Gasteiger partial charge in [-0.1, -0.05) is 5.21 Å². The van der Waals surface area contributed by atoms with Gasteiger partial charge in [0.25, 0.3) is 0 Å². The summed E-state index contributed by atoms with van der Waals surface area (Å²) in [5, 5.41) is 17.1. The van der Waals surface area contributed by atoms with Crippen LogP contribution in [0.25, 0.3) is 5.69 Å². The number of carboxylic acids is 1. The number of ether oxygens (including phenoxy) is 3. The molecule has 0 spiro atoms. The molecule has 1 aliphatic heterocycles. The summed E-state index contributed by atoms with van der Waals surface area (Å²) in [6, 6.07) is 5.22. The van der Waals surface area contributed by atoms with Crippen molar-refractivity contribution in [2.75, 3.05) is 20.8 Å². The second-order valence-electron chi connectivity index (χ2n) is 5.08. The molecular weight excluding hydrogens is 302 g/mol. The van der Waals surface area contributed by atoms with Gasteiger partial charge in [0.05, 0.1) is 19.9 Å². The molecule has 2 heterocycles. The molecule has 0 aliphatic carbocycles. The molecule has 1 aliphatic rings. The Bertz CT molecular complexity index is 722. The summed E-state index contributed by atoms with van der Waals surface area (Å²) >= 11 is 0. The van der Waals surface area contributed by atoms with Gasteiger partial charge >= 0.3 is 5.97 Å². The molecule has 8 heteroatoms. The second-order valence-corrected chi connectivity index (χ2v) is 5.08. The fourth-order valence-electron chi connectivity index (χ4n) is 2.67. The third-order valence-corrected chi connectivity index (χ3v) is 3.75. The Morgan fingerprint density at radius 1 is 1.35 bits per heavy atom. The largest absolute Gasteiger partial charge is 0.493 e. The molecule has 1 unspecified atom stereocenters. The molecule has 1 saturated heterocycles. The van der Waals surface area contributed by atoms with Crippen molar-refractivity contribution < 1.29 is 24.1 Å². The van der Waals surface area contributed by atoms with Crippen molar-refractivity contribution in [2.24, 2.45) is 0 Å². The van der Waals surface area contributed by atoms with Crippen molar-refractivity contribution in [2.45, 2.75) is 18.9 Å². The minimum Gasteiger partial charge on any atom is -0.493 e. The van der Waals surface area contributed by atoms with Gasteiger partial charge in [-0.15, -0.1) is 5.10 Å². The van der Waals surface area contributed by atoms with Crippen molar-refractivity contribution in [1.29, 1.82) is 0 Å². The van der Waals surface area contributed by atoms with E-state index < -0.39 is 5.97 Å². The highest BCUT2D eigenvalue weighted by Gasteiger charge is 2.30. The topological polar surface area (TPSA) is 95.7 Å². The van der Waals surface area contributed by atoms with Crippen LogP contribution in [-0.4, -0.2) is 46.9 Å². The van der Waals surface area contributed by atoms with Gasteiger partial charge in [0.2, 0.25) is 0 Å². The molecule has 1 atom stereocenters. The Labute approximate surface area is 132 Å². The maximum atomic E-state index is 11.4. The monoisotopic (exact) mass is 319 g/mol. The molecule has 0 saturated carbocycles. The van der Waals surface area contributed by atoms with E-state index in [-0.39, 0.29) is 11.8 Å². The molecule has 122 valence electrons. The molecule has 0 radical (unpaired) electrons. The van der Waals surface area contributed by atoms with Crippen LogP contribution >= 0.6 is 0 Å². The molecule has 23 heavy (non-hydrogen) atoms. The van der Waals surface area contributed by atoms with Gasteiger partial charge in [0.15, 0.2) is 17.2 Å². The number of hydrogen-bond acceptors (Lipinski definition) is 6. The number of aromatic nitrogens is 3. The SMILES string of the molecule is COc1ccc(-n2nnc(C(=O)O)c2C2CCCO2)cc1OC. The maximum Gasteiger partial charge on any atom is 0.358 e. The van der Waals surface area contributed by atoms with Gasteiger partial charge in [0.1, 0.15) is 11.8 Å². The number of nitrogens with zero attached hydrogens (tertiary/aromatic N) is 3. The molecule has 1 N–H and O–H groups in total. The lowest BCUT2D eigenvalue weighted by atomic mass is 10.1. The first kappa shape index (κ1) is 15.3. The first-order chi connectivity index (χ1) is 11.2. The van der Waals surface area contributed by atoms with E-state index in [1.54, 1.807) is 25.3 Å². The molecule has 0 bridgehead atoms. The van der Waals surface area contributed by atoms with Crippen molar-refractivity contribution in [3.05, 3.63) is 29.6 Å². The highest BCUT2D eigenvalue weighted by atomic mass is 16.5. The highest BCUT2D eigenvalue weighted by molar-refractivity contribution is 5.86. The smallest absolute Gasteiger partial charge is 0.358 e. The van der Waals surface area contributed by atoms with Crippen LogP contribution in [0.15, 0.2) is 18.2 Å². The van der Waals surface area contributed by atoms with E-state index in [1.165, 1.54) is 11.8 Å². The van der Waals surface area contributed by atoms with Gasteiger partial charge in [0, 0.05) is 12.7 Å². The quantitative estimate of drug-likeness (QED) is 0.898. The molecule has 2 aromatic rings. The van der Waals surface area contributed by atoms with E-state index in [1.807, 2.05) is 0 Å². The van der Waals surface area contributed by atoms with E-state index >= 15 is 0 Å². The lowest BCUT2D eigenvalue weighted by Gasteiger charge is -2.14. The maximum absolute atomic E-state index is 11.4. The molecular formula is C15H17N3O5. The average Bonchev–Trinajstić information content (AvgIpc) is 3.22. The minimum atomic E-state index is -1.12. The molecule has 1 fully saturated rings. The number of hydrogen-bond donors (Lipinski definition) is 1. The number of methoxy groups -OCH3 is 2. The average molecular weight is 319 g/mol. The number of carbonyl (C=O) groups is 1. The van der Waals surface area contributed by atoms with Crippen LogP contribution in [0.2, 0.25) is 0 Å². The Hall–Kier alpha value is -2.61. The van der Waals surface area contributed by atoms with Crippen molar-refractivity contribution in [1.82, 2.24) is 15.0 Å². The lowest BCUT2D eigenvalue weighted by molar-refractivity contribution is 0.0673. The molecule has 1 aromatic carbocycles. The van der Waals surface area contributed by atoms with E-state index in [4.69, 9.17) is 14.2 Å². The Morgan fingerprint density at radius 3 is 2.74 bits per heavy atom. The Morgan fingerprint density at radius 2 is 2.13 bits per heavy atom. The van der Waals surface area contributed by atoms with Crippen molar-refractivity contribution >= 4 is 5.97 Å². The Kier molecular flexibility index (Phi) is 4.16. The fraction of sp³-hybridized carbons (Fsp3) is 0.400. The van der Waals surface area contributed by atoms with E-state index in [9.17, 15) is 9.90 Å². The third kappa shape index (κ3) is 2.72. The summed E-state index contributed by atoms with van der Waals surface area (Å²) in [5.41, 5.74) is 0.988. The predicted octanol–water partition coefficient (Wildman–Crippen LogP) is 1.83. The fourth-order valence-corrected chi connectivity index (χ4v) is 2.67. The summed E-state index contributed by atoms with van der Waals surface area (Å²) in [6.07, 6.45) is 1.28. The number of rotatable bonds is 5. The summed E-state index contributed by atoms with van der Waals surface area (Å²) < 4.78 is 17.6. The van der Waals surface area contributed by atoms with Gasteiger partial charge in [-0.2, -0.15) is 0 Å². The van der Waals surface area contributed by atoms with E-state index in [0.717, 1.165) is 12.8 Å². The van der Waals surface area contributed by atoms with Crippen LogP contribution in [-0.2, 0) is 4.74 Å². The van der Waals surface area contributed by atoms with Crippen LogP contribution in [0.4, 0.5) is 0 Å². The lowest BCUT2D eigenvalue weighted by Crippen LogP contribution is -2.11. The van der Waals surface area contributed by atoms with Gasteiger partial charge in [-0.25, -0.2) is 9.48 Å². The molecule has 0 amide bonds. The summed E-state index contributed by atoms with van der Waals surface area (Å²) in [5.74, 6) is -0.0219. The van der Waals surface area contributed by atoms with E-state index in [0.29, 0.717) is 29.5 Å². The standard InChI is InChI=1S/C15H17N3O5/c1-21-10-6-5-9(8-12(10)22-2)18-14(11-4-3-7-23-11)13(15(19)20)16-17-18/h5-6,8,11H,3-4,7H2,1-2H3,(H,19,20). The predicted molar refractivity (Wildman–Crippen MR) is 79.3 cm³/mol. The minimum absolute atomic E-state index is 0.0910. The van der Waals surface area contributed by atoms with E-state index in [2.05, 4.69) is 10.3 Å². The second kappa shape index (κ2) is 6.25. The normalized spacial score (nSPS) is 17.2. The highest BCUT2D eigenvalue weighted by Crippen LogP contribution is 2.34. The van der Waals surface area contributed by atoms with Gasteiger partial charge in [-0.3, -0.25) is 0 Å². The van der Waals surface area contributed by atoms with Gasteiger partial charge in [-0.05, 0) is 25.0 Å². The third-order valence-electron chi connectivity index (χ3n) is 3.75. The van der Waals surface area contributed by atoms with Crippen LogP contribution in [0.5, 0.6) is 11.5 Å². The number of carboxylic acid groups (broad SMARTS) is 1. The number of aromatic carboxylic acids is 1. The zero-order valence-corrected chi connectivity index (χ0v) is 12.9. The zero-order chi connectivity index (χ0) is 16.4. The zero-order valence-electron chi connectivity index (χ0n) is 12.9. The molecule has 8 nitrogen and oxygen atoms in total. The first-order valence-corrected chi connectivity index (χ1v) is 7.18. The summed E-state index contributed by atoms with van der Waals surface area (Å²) in [6.45, 7) is 0.598. The summed E-state index contributed by atoms with van der Waals surface area (Å²) in [4.78, 5) is 11.4. The van der Waals surface area contributed by atoms with Crippen molar-refractivity contribution in [3.8, 4) is 17.2 Å². The summed E-state index contributed by atoms with van der Waals surface area (Å²) in [7, 11) is 3.08. The first-order valence-electron chi connectivity index (χ1n) is 7.18. The Balaban J connectivity index is 2.11. The molecule has 1 aromatic heterocycles. The molecule has 3 rings (SSSR count).